The van der Waals surface area contributed by atoms with Crippen LogP contribution < -0.4 is 4.90 Å². The highest BCUT2D eigenvalue weighted by Gasteiger charge is 2.30. The Morgan fingerprint density at radius 3 is 2.48 bits per heavy atom. The van der Waals surface area contributed by atoms with Gasteiger partial charge in [0.15, 0.2) is 5.17 Å². The number of aryl methyl sites for hydroxylation is 1. The monoisotopic (exact) mass is 391 g/mol. The molecule has 0 saturated heterocycles. The third-order valence-electron chi connectivity index (χ3n) is 4.91. The van der Waals surface area contributed by atoms with E-state index in [0.29, 0.717) is 18.0 Å². The predicted octanol–water partition coefficient (Wildman–Crippen LogP) is 6.20. The van der Waals surface area contributed by atoms with Gasteiger partial charge in [0.1, 0.15) is 0 Å². The van der Waals surface area contributed by atoms with E-state index >= 15 is 0 Å². The number of benzene rings is 1. The molecule has 0 aliphatic carbocycles. The molecule has 0 saturated carbocycles. The zero-order chi connectivity index (χ0) is 20.0. The summed E-state index contributed by atoms with van der Waals surface area (Å²) in [4.78, 5) is 18.2. The predicted molar refractivity (Wildman–Crippen MR) is 117 cm³/mol. The van der Waals surface area contributed by atoms with E-state index in [9.17, 15) is 10.1 Å². The van der Waals surface area contributed by atoms with Gasteiger partial charge in [-0.3, -0.25) is 15.1 Å². The number of hydrogen-bond donors (Lipinski definition) is 0. The summed E-state index contributed by atoms with van der Waals surface area (Å²) in [5, 5.41) is 12.2. The number of nitro groups is 1. The summed E-state index contributed by atoms with van der Waals surface area (Å²) in [6, 6.07) is 5.96. The van der Waals surface area contributed by atoms with Gasteiger partial charge in [0.2, 0.25) is 0 Å². The van der Waals surface area contributed by atoms with Crippen LogP contribution in [0, 0.1) is 23.0 Å². The fraction of sp³-hybridized carbons (Fsp3) is 0.667. The first-order valence-electron chi connectivity index (χ1n) is 10.1. The van der Waals surface area contributed by atoms with Gasteiger partial charge in [0, 0.05) is 29.6 Å². The van der Waals surface area contributed by atoms with E-state index < -0.39 is 0 Å². The van der Waals surface area contributed by atoms with E-state index in [0.717, 1.165) is 54.3 Å². The van der Waals surface area contributed by atoms with Gasteiger partial charge in [-0.1, -0.05) is 52.3 Å². The minimum Gasteiger partial charge on any atom is -0.318 e. The van der Waals surface area contributed by atoms with Crippen molar-refractivity contribution in [3.63, 3.8) is 0 Å². The Hall–Kier alpha value is -1.56. The SMILES string of the molecule is CCCC(CCC)N(C1=NC(CC(C)C)CS1)c1ccc([N+](=O)[O-])cc1C. The molecule has 1 heterocycles. The maximum absolute atomic E-state index is 11.1. The van der Waals surface area contributed by atoms with Crippen LogP contribution in [-0.2, 0) is 0 Å². The Labute approximate surface area is 167 Å². The van der Waals surface area contributed by atoms with Crippen LogP contribution in [0.3, 0.4) is 0 Å². The lowest BCUT2D eigenvalue weighted by Gasteiger charge is -2.34. The van der Waals surface area contributed by atoms with Gasteiger partial charge < -0.3 is 4.90 Å². The zero-order valence-corrected chi connectivity index (χ0v) is 18.1. The molecule has 5 nitrogen and oxygen atoms in total. The molecule has 1 aliphatic heterocycles. The van der Waals surface area contributed by atoms with Crippen LogP contribution in [0.15, 0.2) is 23.2 Å². The molecule has 150 valence electrons. The van der Waals surface area contributed by atoms with Crippen molar-refractivity contribution in [1.82, 2.24) is 0 Å². The van der Waals surface area contributed by atoms with E-state index in [-0.39, 0.29) is 10.6 Å². The molecule has 0 radical (unpaired) electrons. The topological polar surface area (TPSA) is 58.7 Å². The highest BCUT2D eigenvalue weighted by atomic mass is 32.2. The first kappa shape index (κ1) is 21.7. The molecule has 1 atom stereocenters. The molecular weight excluding hydrogens is 358 g/mol. The summed E-state index contributed by atoms with van der Waals surface area (Å²) in [5.74, 6) is 1.66. The molecular formula is C21H33N3O2S. The first-order valence-corrected chi connectivity index (χ1v) is 11.1. The second kappa shape index (κ2) is 10.1. The molecule has 0 amide bonds. The molecule has 1 aromatic rings. The second-order valence-corrected chi connectivity index (χ2v) is 8.82. The van der Waals surface area contributed by atoms with Crippen molar-refractivity contribution in [2.45, 2.75) is 78.8 Å². The summed E-state index contributed by atoms with van der Waals surface area (Å²) in [6.07, 6.45) is 5.52. The van der Waals surface area contributed by atoms with Crippen LogP contribution in [0.1, 0.15) is 65.4 Å². The van der Waals surface area contributed by atoms with Crippen LogP contribution in [0.4, 0.5) is 11.4 Å². The average molecular weight is 392 g/mol. The lowest BCUT2D eigenvalue weighted by Crippen LogP contribution is -2.39. The third-order valence-corrected chi connectivity index (χ3v) is 6.02. The van der Waals surface area contributed by atoms with Crippen LogP contribution in [0.2, 0.25) is 0 Å². The van der Waals surface area contributed by atoms with Crippen LogP contribution in [0.5, 0.6) is 0 Å². The molecule has 0 spiro atoms. The fourth-order valence-corrected chi connectivity index (χ4v) is 4.91. The van der Waals surface area contributed by atoms with Crippen molar-refractivity contribution >= 4 is 28.3 Å². The molecule has 1 aromatic carbocycles. The molecule has 1 aliphatic rings. The summed E-state index contributed by atoms with van der Waals surface area (Å²) in [7, 11) is 0. The van der Waals surface area contributed by atoms with Gasteiger partial charge in [0.25, 0.3) is 5.69 Å². The third kappa shape index (κ3) is 5.71. The number of rotatable bonds is 9. The summed E-state index contributed by atoms with van der Waals surface area (Å²) < 4.78 is 0. The van der Waals surface area contributed by atoms with Gasteiger partial charge in [-0.05, 0) is 43.7 Å². The standard InChI is InChI=1S/C21H33N3O2S/c1-6-8-18(9-7-2)23(21-22-17(14-27-21)12-15(3)4)20-11-10-19(24(25)26)13-16(20)5/h10-11,13,15,17-18H,6-9,12,14H2,1-5H3. The molecule has 0 N–H and O–H groups in total. The highest BCUT2D eigenvalue weighted by Crippen LogP contribution is 2.35. The number of non-ortho nitro benzene ring substituents is 1. The van der Waals surface area contributed by atoms with Crippen LogP contribution >= 0.6 is 11.8 Å². The molecule has 6 heteroatoms. The maximum Gasteiger partial charge on any atom is 0.269 e. The van der Waals surface area contributed by atoms with Gasteiger partial charge >= 0.3 is 0 Å². The highest BCUT2D eigenvalue weighted by molar-refractivity contribution is 8.14. The number of amidine groups is 1. The molecule has 0 aromatic heterocycles. The Morgan fingerprint density at radius 2 is 1.96 bits per heavy atom. The van der Waals surface area contributed by atoms with Crippen LogP contribution in [-0.4, -0.2) is 27.9 Å². The number of hydrogen-bond acceptors (Lipinski definition) is 5. The van der Waals surface area contributed by atoms with Crippen molar-refractivity contribution in [3.8, 4) is 0 Å². The Bertz CT molecular complexity index is 669. The number of nitrogens with zero attached hydrogens (tertiary/aromatic N) is 3. The van der Waals surface area contributed by atoms with E-state index in [1.807, 2.05) is 24.8 Å². The smallest absolute Gasteiger partial charge is 0.269 e. The number of aliphatic imine (C=N–C) groups is 1. The fourth-order valence-electron chi connectivity index (χ4n) is 3.75. The number of anilines is 1. The maximum atomic E-state index is 11.1. The van der Waals surface area contributed by atoms with E-state index in [4.69, 9.17) is 4.99 Å². The van der Waals surface area contributed by atoms with Gasteiger partial charge in [-0.25, -0.2) is 0 Å². The summed E-state index contributed by atoms with van der Waals surface area (Å²) >= 11 is 1.84. The van der Waals surface area contributed by atoms with Crippen molar-refractivity contribution < 1.29 is 4.92 Å². The van der Waals surface area contributed by atoms with Gasteiger partial charge in [0.05, 0.1) is 11.0 Å². The van der Waals surface area contributed by atoms with E-state index in [1.54, 1.807) is 12.1 Å². The number of nitro benzene ring substituents is 1. The Morgan fingerprint density at radius 1 is 1.30 bits per heavy atom. The van der Waals surface area contributed by atoms with Crippen molar-refractivity contribution in [1.29, 1.82) is 0 Å². The van der Waals surface area contributed by atoms with Crippen molar-refractivity contribution in [2.75, 3.05) is 10.7 Å². The molecule has 27 heavy (non-hydrogen) atoms. The molecule has 0 bridgehead atoms. The van der Waals surface area contributed by atoms with Gasteiger partial charge in [-0.15, -0.1) is 0 Å². The minimum atomic E-state index is -0.322. The van der Waals surface area contributed by atoms with E-state index in [1.165, 1.54) is 0 Å². The lowest BCUT2D eigenvalue weighted by molar-refractivity contribution is -0.384. The number of thioether (sulfide) groups is 1. The largest absolute Gasteiger partial charge is 0.318 e. The van der Waals surface area contributed by atoms with Gasteiger partial charge in [-0.2, -0.15) is 0 Å². The molecule has 1 unspecified atom stereocenters. The van der Waals surface area contributed by atoms with Crippen LogP contribution in [0.25, 0.3) is 0 Å². The minimum absolute atomic E-state index is 0.150. The Balaban J connectivity index is 2.42. The normalized spacial score (nSPS) is 16.9. The first-order chi connectivity index (χ1) is 12.9. The lowest BCUT2D eigenvalue weighted by atomic mass is 10.0. The van der Waals surface area contributed by atoms with Crippen molar-refractivity contribution in [2.24, 2.45) is 10.9 Å². The average Bonchev–Trinajstić information content (AvgIpc) is 3.04. The Kier molecular flexibility index (Phi) is 8.14. The zero-order valence-electron chi connectivity index (χ0n) is 17.3. The summed E-state index contributed by atoms with van der Waals surface area (Å²) in [6.45, 7) is 10.9. The summed E-state index contributed by atoms with van der Waals surface area (Å²) in [5.41, 5.74) is 2.15. The second-order valence-electron chi connectivity index (χ2n) is 7.84. The molecule has 2 rings (SSSR count). The molecule has 0 fully saturated rings. The van der Waals surface area contributed by atoms with Crippen molar-refractivity contribution in [3.05, 3.63) is 33.9 Å². The quantitative estimate of drug-likeness (QED) is 0.372. The van der Waals surface area contributed by atoms with E-state index in [2.05, 4.69) is 32.6 Å².